The van der Waals surface area contributed by atoms with Crippen LogP contribution in [0, 0.1) is 0 Å². The molecule has 0 radical (unpaired) electrons. The second-order valence-corrected chi connectivity index (χ2v) is 5.90. The average Bonchev–Trinajstić information content (AvgIpc) is 2.60. The molecule has 0 saturated carbocycles. The first-order chi connectivity index (χ1) is 11.7. The van der Waals surface area contributed by atoms with E-state index in [2.05, 4.69) is 29.2 Å². The molecule has 0 spiro atoms. The van der Waals surface area contributed by atoms with Crippen LogP contribution in [0.15, 0.2) is 54.6 Å². The van der Waals surface area contributed by atoms with E-state index in [1.807, 2.05) is 18.2 Å². The normalized spacial score (nSPS) is 10.9. The number of rotatable bonds is 10. The van der Waals surface area contributed by atoms with E-state index in [-0.39, 0.29) is 0 Å². The molecule has 1 N–H and O–H groups in total. The van der Waals surface area contributed by atoms with Gasteiger partial charge in [-0.05, 0) is 42.6 Å². The van der Waals surface area contributed by atoms with Crippen LogP contribution in [0.2, 0.25) is 0 Å². The Morgan fingerprint density at radius 3 is 2.17 bits per heavy atom. The zero-order valence-electron chi connectivity index (χ0n) is 14.1. The van der Waals surface area contributed by atoms with Crippen molar-refractivity contribution >= 4 is 5.97 Å². The van der Waals surface area contributed by atoms with Gasteiger partial charge in [-0.1, -0.05) is 42.5 Å². The summed E-state index contributed by atoms with van der Waals surface area (Å²) in [4.78, 5) is 13.3. The van der Waals surface area contributed by atoms with Gasteiger partial charge in [-0.25, -0.2) is 4.79 Å². The fourth-order valence-electron chi connectivity index (χ4n) is 2.65. The van der Waals surface area contributed by atoms with Crippen LogP contribution < -0.4 is 0 Å². The first-order valence-corrected chi connectivity index (χ1v) is 8.26. The highest BCUT2D eigenvalue weighted by atomic mass is 16.5. The zero-order valence-corrected chi connectivity index (χ0v) is 14.1. The maximum Gasteiger partial charge on any atom is 0.335 e. The Balaban J connectivity index is 1.99. The average molecular weight is 327 g/mol. The van der Waals surface area contributed by atoms with Crippen LogP contribution >= 0.6 is 0 Å². The van der Waals surface area contributed by atoms with Crippen LogP contribution in [-0.4, -0.2) is 36.2 Å². The highest BCUT2D eigenvalue weighted by Crippen LogP contribution is 2.12. The quantitative estimate of drug-likeness (QED) is 0.674. The van der Waals surface area contributed by atoms with Crippen molar-refractivity contribution in [3.63, 3.8) is 0 Å². The molecule has 2 rings (SSSR count). The molecule has 0 aliphatic carbocycles. The fraction of sp³-hybridized carbons (Fsp3) is 0.350. The van der Waals surface area contributed by atoms with Gasteiger partial charge in [-0.3, -0.25) is 4.90 Å². The number of methoxy groups -OCH3 is 1. The molecule has 0 heterocycles. The van der Waals surface area contributed by atoms with E-state index < -0.39 is 5.97 Å². The minimum Gasteiger partial charge on any atom is -0.478 e. The molecule has 0 atom stereocenters. The van der Waals surface area contributed by atoms with Crippen molar-refractivity contribution in [1.29, 1.82) is 0 Å². The largest absolute Gasteiger partial charge is 0.478 e. The number of unbranched alkanes of at least 4 members (excludes halogenated alkanes) is 1. The number of carboxylic acids is 1. The Hall–Kier alpha value is -2.17. The van der Waals surface area contributed by atoms with Gasteiger partial charge >= 0.3 is 5.97 Å². The lowest BCUT2D eigenvalue weighted by molar-refractivity contribution is 0.0697. The summed E-state index contributed by atoms with van der Waals surface area (Å²) < 4.78 is 5.12. The molecular formula is C20H25NO3. The molecule has 0 aromatic heterocycles. The van der Waals surface area contributed by atoms with Gasteiger partial charge in [0.2, 0.25) is 0 Å². The summed E-state index contributed by atoms with van der Waals surface area (Å²) in [7, 11) is 1.73. The minimum absolute atomic E-state index is 0.327. The summed E-state index contributed by atoms with van der Waals surface area (Å²) >= 11 is 0. The molecule has 0 amide bonds. The molecule has 2 aromatic carbocycles. The van der Waals surface area contributed by atoms with Crippen molar-refractivity contribution < 1.29 is 14.6 Å². The maximum atomic E-state index is 11.0. The van der Waals surface area contributed by atoms with Crippen LogP contribution in [0.4, 0.5) is 0 Å². The molecule has 2 aromatic rings. The lowest BCUT2D eigenvalue weighted by Gasteiger charge is -2.22. The van der Waals surface area contributed by atoms with Crippen molar-refractivity contribution in [1.82, 2.24) is 4.90 Å². The van der Waals surface area contributed by atoms with Crippen LogP contribution in [0.1, 0.15) is 34.3 Å². The van der Waals surface area contributed by atoms with E-state index in [4.69, 9.17) is 9.84 Å². The number of aromatic carboxylic acids is 1. The number of benzene rings is 2. The molecule has 0 bridgehead atoms. The third kappa shape index (κ3) is 6.14. The van der Waals surface area contributed by atoms with Crippen LogP contribution in [0.3, 0.4) is 0 Å². The number of ether oxygens (including phenoxy) is 1. The molecule has 0 aliphatic heterocycles. The molecule has 0 unspecified atom stereocenters. The van der Waals surface area contributed by atoms with Crippen molar-refractivity contribution in [2.24, 2.45) is 0 Å². The maximum absolute atomic E-state index is 11.0. The van der Waals surface area contributed by atoms with Gasteiger partial charge in [-0.15, -0.1) is 0 Å². The lowest BCUT2D eigenvalue weighted by atomic mass is 10.1. The summed E-state index contributed by atoms with van der Waals surface area (Å²) in [6.07, 6.45) is 2.12. The number of nitrogens with zero attached hydrogens (tertiary/aromatic N) is 1. The first-order valence-electron chi connectivity index (χ1n) is 8.26. The number of carboxylic acid groups (broad SMARTS) is 1. The van der Waals surface area contributed by atoms with Crippen molar-refractivity contribution in [2.75, 3.05) is 20.3 Å². The van der Waals surface area contributed by atoms with E-state index in [0.717, 1.165) is 44.6 Å². The summed E-state index contributed by atoms with van der Waals surface area (Å²) in [6.45, 7) is 3.46. The van der Waals surface area contributed by atoms with Gasteiger partial charge in [0.05, 0.1) is 5.56 Å². The van der Waals surface area contributed by atoms with Crippen molar-refractivity contribution in [2.45, 2.75) is 25.9 Å². The Morgan fingerprint density at radius 1 is 0.958 bits per heavy atom. The summed E-state index contributed by atoms with van der Waals surface area (Å²) in [5.74, 6) is -0.887. The minimum atomic E-state index is -0.887. The van der Waals surface area contributed by atoms with Gasteiger partial charge < -0.3 is 9.84 Å². The second kappa shape index (κ2) is 9.85. The van der Waals surface area contributed by atoms with Gasteiger partial charge in [-0.2, -0.15) is 0 Å². The summed E-state index contributed by atoms with van der Waals surface area (Å²) in [5.41, 5.74) is 2.74. The monoisotopic (exact) mass is 327 g/mol. The SMILES string of the molecule is COCCCCN(Cc1ccccc1)Cc1ccc(C(=O)O)cc1. The number of hydrogen-bond acceptors (Lipinski definition) is 3. The Kier molecular flexibility index (Phi) is 7.46. The molecule has 4 heteroatoms. The van der Waals surface area contributed by atoms with E-state index in [1.54, 1.807) is 19.2 Å². The van der Waals surface area contributed by atoms with Gasteiger partial charge in [0.1, 0.15) is 0 Å². The predicted octanol–water partition coefficient (Wildman–Crippen LogP) is 3.81. The standard InChI is InChI=1S/C20H25NO3/c1-24-14-6-5-13-21(15-17-7-3-2-4-8-17)16-18-9-11-19(12-10-18)20(22)23/h2-4,7-12H,5-6,13-16H2,1H3,(H,22,23). The Labute approximate surface area is 143 Å². The van der Waals surface area contributed by atoms with Crippen molar-refractivity contribution in [3.05, 3.63) is 71.3 Å². The lowest BCUT2D eigenvalue weighted by Crippen LogP contribution is -2.24. The Bertz CT molecular complexity index is 611. The highest BCUT2D eigenvalue weighted by Gasteiger charge is 2.08. The van der Waals surface area contributed by atoms with Crippen molar-refractivity contribution in [3.8, 4) is 0 Å². The summed E-state index contributed by atoms with van der Waals surface area (Å²) in [5, 5.41) is 9.00. The van der Waals surface area contributed by atoms with Gasteiger partial charge in [0.25, 0.3) is 0 Å². The third-order valence-electron chi connectivity index (χ3n) is 3.93. The van der Waals surface area contributed by atoms with E-state index in [0.29, 0.717) is 5.56 Å². The highest BCUT2D eigenvalue weighted by molar-refractivity contribution is 5.87. The first kappa shape index (κ1) is 18.2. The van der Waals surface area contributed by atoms with Crippen LogP contribution in [0.5, 0.6) is 0 Å². The topological polar surface area (TPSA) is 49.8 Å². The van der Waals surface area contributed by atoms with Gasteiger partial charge in [0, 0.05) is 26.8 Å². The van der Waals surface area contributed by atoms with Gasteiger partial charge in [0.15, 0.2) is 0 Å². The van der Waals surface area contributed by atoms with E-state index >= 15 is 0 Å². The molecular weight excluding hydrogens is 302 g/mol. The van der Waals surface area contributed by atoms with Crippen LogP contribution in [-0.2, 0) is 17.8 Å². The number of carbonyl (C=O) groups is 1. The Morgan fingerprint density at radius 2 is 1.58 bits per heavy atom. The fourth-order valence-corrected chi connectivity index (χ4v) is 2.65. The van der Waals surface area contributed by atoms with E-state index in [1.165, 1.54) is 5.56 Å². The zero-order chi connectivity index (χ0) is 17.2. The molecule has 24 heavy (non-hydrogen) atoms. The van der Waals surface area contributed by atoms with E-state index in [9.17, 15) is 4.79 Å². The predicted molar refractivity (Wildman–Crippen MR) is 95.1 cm³/mol. The molecule has 0 fully saturated rings. The molecule has 0 saturated heterocycles. The number of hydrogen-bond donors (Lipinski definition) is 1. The third-order valence-corrected chi connectivity index (χ3v) is 3.93. The molecule has 128 valence electrons. The van der Waals surface area contributed by atoms with Crippen LogP contribution in [0.25, 0.3) is 0 Å². The molecule has 4 nitrogen and oxygen atoms in total. The summed E-state index contributed by atoms with van der Waals surface area (Å²) in [6, 6.07) is 17.5. The smallest absolute Gasteiger partial charge is 0.335 e. The molecule has 0 aliphatic rings. The second-order valence-electron chi connectivity index (χ2n) is 5.90.